The molecule has 2 N–H and O–H groups in total. The molecule has 1 aliphatic carbocycles. The van der Waals surface area contributed by atoms with E-state index in [0.717, 1.165) is 0 Å². The van der Waals surface area contributed by atoms with Crippen molar-refractivity contribution in [2.24, 2.45) is 5.92 Å². The van der Waals surface area contributed by atoms with Crippen molar-refractivity contribution in [3.05, 3.63) is 35.1 Å². The quantitative estimate of drug-likeness (QED) is 0.885. The van der Waals surface area contributed by atoms with E-state index >= 15 is 0 Å². The molecule has 124 valence electrons. The van der Waals surface area contributed by atoms with E-state index in [1.807, 2.05) is 5.32 Å². The molecule has 1 aliphatic rings. The van der Waals surface area contributed by atoms with Gasteiger partial charge in [-0.05, 0) is 18.8 Å². The highest BCUT2D eigenvalue weighted by molar-refractivity contribution is 5.97. The van der Waals surface area contributed by atoms with Gasteiger partial charge in [0.1, 0.15) is 34.8 Å². The molecule has 0 saturated heterocycles. The lowest BCUT2D eigenvalue weighted by atomic mass is 9.83. The summed E-state index contributed by atoms with van der Waals surface area (Å²) in [4.78, 5) is 34.7. The average Bonchev–Trinajstić information content (AvgIpc) is 2.43. The highest BCUT2D eigenvalue weighted by Gasteiger charge is 2.34. The van der Waals surface area contributed by atoms with E-state index in [2.05, 4.69) is 0 Å². The summed E-state index contributed by atoms with van der Waals surface area (Å²) >= 11 is 0. The van der Waals surface area contributed by atoms with Gasteiger partial charge in [0.05, 0.1) is 0 Å². The van der Waals surface area contributed by atoms with E-state index in [0.29, 0.717) is 31.4 Å². The molecule has 1 saturated carbocycles. The minimum Gasteiger partial charge on any atom is -0.480 e. The van der Waals surface area contributed by atoms with Gasteiger partial charge in [-0.2, -0.15) is 0 Å². The minimum absolute atomic E-state index is 0.0222. The van der Waals surface area contributed by atoms with Crippen LogP contribution in [0.2, 0.25) is 0 Å². The molecule has 5 nitrogen and oxygen atoms in total. The molecule has 8 heteroatoms. The van der Waals surface area contributed by atoms with Crippen molar-refractivity contribution < 1.29 is 32.7 Å². The number of rotatable bonds is 4. The molecular formula is C15H14F3NO4. The number of halogens is 3. The smallest absolute Gasteiger partial charge is 0.326 e. The zero-order valence-electron chi connectivity index (χ0n) is 11.9. The van der Waals surface area contributed by atoms with Crippen LogP contribution in [0.1, 0.15) is 36.0 Å². The number of hydrogen-bond acceptors (Lipinski definition) is 3. The Balaban J connectivity index is 2.22. The van der Waals surface area contributed by atoms with Gasteiger partial charge in [-0.25, -0.2) is 18.0 Å². The van der Waals surface area contributed by atoms with Crippen molar-refractivity contribution in [1.29, 1.82) is 0 Å². The number of amides is 1. The maximum Gasteiger partial charge on any atom is 0.326 e. The lowest BCUT2D eigenvalue weighted by molar-refractivity contribution is -0.141. The van der Waals surface area contributed by atoms with Crippen LogP contribution in [0.5, 0.6) is 0 Å². The van der Waals surface area contributed by atoms with Gasteiger partial charge in [0.25, 0.3) is 5.91 Å². The summed E-state index contributed by atoms with van der Waals surface area (Å²) in [5.41, 5.74) is -1.06. The van der Waals surface area contributed by atoms with Crippen LogP contribution in [0.4, 0.5) is 13.2 Å². The van der Waals surface area contributed by atoms with E-state index in [-0.39, 0.29) is 12.2 Å². The Morgan fingerprint density at radius 2 is 1.83 bits per heavy atom. The molecule has 1 aromatic rings. The second kappa shape index (κ2) is 6.80. The molecule has 2 rings (SSSR count). The van der Waals surface area contributed by atoms with Crippen LogP contribution in [0.3, 0.4) is 0 Å². The first-order valence-corrected chi connectivity index (χ1v) is 6.99. The molecule has 0 aliphatic heterocycles. The Morgan fingerprint density at radius 3 is 2.35 bits per heavy atom. The van der Waals surface area contributed by atoms with Gasteiger partial charge in [-0.3, -0.25) is 9.59 Å². The number of aliphatic carboxylic acids is 1. The zero-order chi connectivity index (χ0) is 17.1. The van der Waals surface area contributed by atoms with Crippen molar-refractivity contribution in [3.8, 4) is 0 Å². The molecule has 0 spiro atoms. The van der Waals surface area contributed by atoms with E-state index in [1.54, 1.807) is 0 Å². The van der Waals surface area contributed by atoms with E-state index in [4.69, 9.17) is 0 Å². The van der Waals surface area contributed by atoms with Crippen LogP contribution >= 0.6 is 0 Å². The number of carbonyl (C=O) groups is 3. The molecule has 2 atom stereocenters. The Bertz CT molecular complexity index is 639. The molecular weight excluding hydrogens is 315 g/mol. The Kier molecular flexibility index (Phi) is 5.02. The molecule has 0 aromatic heterocycles. The summed E-state index contributed by atoms with van der Waals surface area (Å²) in [7, 11) is 0. The van der Waals surface area contributed by atoms with Crippen molar-refractivity contribution in [2.45, 2.75) is 31.7 Å². The van der Waals surface area contributed by atoms with Gasteiger partial charge in [0.2, 0.25) is 0 Å². The van der Waals surface area contributed by atoms with Crippen molar-refractivity contribution in [1.82, 2.24) is 5.32 Å². The lowest BCUT2D eigenvalue weighted by Gasteiger charge is -2.27. The summed E-state index contributed by atoms with van der Waals surface area (Å²) in [5.74, 6) is -7.52. The summed E-state index contributed by atoms with van der Waals surface area (Å²) in [6.07, 6.45) is 1.21. The molecule has 0 unspecified atom stereocenters. The first-order valence-electron chi connectivity index (χ1n) is 6.99. The lowest BCUT2D eigenvalue weighted by Crippen LogP contribution is -2.47. The second-order valence-electron chi connectivity index (χ2n) is 5.43. The fourth-order valence-corrected chi connectivity index (χ4v) is 2.70. The number of carbonyl (C=O) groups excluding carboxylic acids is 2. The topological polar surface area (TPSA) is 83.5 Å². The van der Waals surface area contributed by atoms with Crippen LogP contribution in [0.25, 0.3) is 0 Å². The molecule has 0 radical (unpaired) electrons. The largest absolute Gasteiger partial charge is 0.480 e. The molecule has 1 fully saturated rings. The third-order valence-corrected chi connectivity index (χ3v) is 3.78. The summed E-state index contributed by atoms with van der Waals surface area (Å²) in [5, 5.41) is 11.2. The molecule has 1 aromatic carbocycles. The van der Waals surface area contributed by atoms with E-state index in [1.165, 1.54) is 0 Å². The molecule has 0 bridgehead atoms. The predicted octanol–water partition coefficient (Wildman–Crippen LogP) is 2.05. The highest BCUT2D eigenvalue weighted by Crippen LogP contribution is 2.25. The number of ketones is 1. The maximum absolute atomic E-state index is 13.6. The third kappa shape index (κ3) is 3.88. The molecule has 1 amide bonds. The first kappa shape index (κ1) is 17.0. The first-order chi connectivity index (χ1) is 10.8. The number of benzene rings is 1. The number of nitrogens with one attached hydrogen (secondary N) is 1. The van der Waals surface area contributed by atoms with Gasteiger partial charge in [-0.15, -0.1) is 0 Å². The third-order valence-electron chi connectivity index (χ3n) is 3.78. The Hall–Kier alpha value is -2.38. The van der Waals surface area contributed by atoms with Gasteiger partial charge >= 0.3 is 5.97 Å². The van der Waals surface area contributed by atoms with Gasteiger partial charge in [-0.1, -0.05) is 0 Å². The Morgan fingerprint density at radius 1 is 1.22 bits per heavy atom. The van der Waals surface area contributed by atoms with Crippen LogP contribution in [0.15, 0.2) is 12.1 Å². The summed E-state index contributed by atoms with van der Waals surface area (Å²) in [6, 6.07) is -0.786. The van der Waals surface area contributed by atoms with Gasteiger partial charge < -0.3 is 10.4 Å². The number of hydrogen-bond donors (Lipinski definition) is 2. The minimum atomic E-state index is -1.45. The fourth-order valence-electron chi connectivity index (χ4n) is 2.70. The normalized spacial score (nSPS) is 19.3. The zero-order valence-corrected chi connectivity index (χ0v) is 11.9. The van der Waals surface area contributed by atoms with Gasteiger partial charge in [0.15, 0.2) is 0 Å². The van der Waals surface area contributed by atoms with Crippen LogP contribution in [-0.4, -0.2) is 28.8 Å². The van der Waals surface area contributed by atoms with E-state index < -0.39 is 46.9 Å². The number of carboxylic acids is 1. The van der Waals surface area contributed by atoms with Gasteiger partial charge in [0, 0.05) is 25.0 Å². The predicted molar refractivity (Wildman–Crippen MR) is 72.2 cm³/mol. The van der Waals surface area contributed by atoms with Crippen molar-refractivity contribution in [3.63, 3.8) is 0 Å². The summed E-state index contributed by atoms with van der Waals surface area (Å²) < 4.78 is 40.0. The monoisotopic (exact) mass is 329 g/mol. The van der Waals surface area contributed by atoms with Crippen molar-refractivity contribution in [2.75, 3.05) is 0 Å². The molecule has 23 heavy (non-hydrogen) atoms. The standard InChI is InChI=1S/C15H14F3NO4/c16-8-5-10(17)12(11(18)6-8)14(21)19-13(15(22)23)7-2-1-3-9(20)4-7/h5-7,13H,1-4H2,(H,19,21)(H,22,23)/t7-,13-/m1/s1. The summed E-state index contributed by atoms with van der Waals surface area (Å²) in [6.45, 7) is 0. The van der Waals surface area contributed by atoms with Crippen LogP contribution in [-0.2, 0) is 9.59 Å². The van der Waals surface area contributed by atoms with Crippen LogP contribution < -0.4 is 5.32 Å². The average molecular weight is 329 g/mol. The number of carboxylic acid groups (broad SMARTS) is 1. The fraction of sp³-hybridized carbons (Fsp3) is 0.400. The maximum atomic E-state index is 13.6. The highest BCUT2D eigenvalue weighted by atomic mass is 19.1. The molecule has 0 heterocycles. The van der Waals surface area contributed by atoms with E-state index in [9.17, 15) is 32.7 Å². The van der Waals surface area contributed by atoms with Crippen molar-refractivity contribution >= 4 is 17.7 Å². The van der Waals surface area contributed by atoms with Crippen LogP contribution in [0, 0.1) is 23.4 Å². The SMILES string of the molecule is O=C1CCC[C@@H]([C@@H](NC(=O)c2c(F)cc(F)cc2F)C(=O)O)C1. The second-order valence-corrected chi connectivity index (χ2v) is 5.43. The Labute approximate surface area is 129 Å². The number of Topliss-reactive ketones (excluding diaryl/α,β-unsaturated/α-hetero) is 1.